The van der Waals surface area contributed by atoms with Gasteiger partial charge in [-0.2, -0.15) is 18.2 Å². The van der Waals surface area contributed by atoms with Gasteiger partial charge in [0.05, 0.1) is 10.0 Å². The second-order valence-electron chi connectivity index (χ2n) is 4.44. The highest BCUT2D eigenvalue weighted by atomic mass is 35.5. The first-order valence-electron chi connectivity index (χ1n) is 5.94. The van der Waals surface area contributed by atoms with Crippen LogP contribution in [0.25, 0.3) is 0 Å². The van der Waals surface area contributed by atoms with Crippen LogP contribution < -0.4 is 9.64 Å². The van der Waals surface area contributed by atoms with Crippen molar-refractivity contribution in [3.05, 3.63) is 40.0 Å². The van der Waals surface area contributed by atoms with Crippen molar-refractivity contribution in [1.82, 2.24) is 9.97 Å². The topological polar surface area (TPSA) is 38.2 Å². The summed E-state index contributed by atoms with van der Waals surface area (Å²) in [5.74, 6) is -0.420. The van der Waals surface area contributed by atoms with Crippen LogP contribution in [0.1, 0.15) is 5.69 Å². The van der Waals surface area contributed by atoms with E-state index in [0.717, 1.165) is 0 Å². The molecule has 0 atom stereocenters. The molecule has 0 saturated carbocycles. The van der Waals surface area contributed by atoms with Crippen LogP contribution in [0.2, 0.25) is 10.0 Å². The van der Waals surface area contributed by atoms with Gasteiger partial charge < -0.3 is 9.64 Å². The van der Waals surface area contributed by atoms with E-state index in [2.05, 4.69) is 9.97 Å². The second-order valence-corrected chi connectivity index (χ2v) is 5.25. The van der Waals surface area contributed by atoms with Crippen molar-refractivity contribution >= 4 is 29.2 Å². The molecule has 0 aliphatic heterocycles. The van der Waals surface area contributed by atoms with E-state index in [9.17, 15) is 13.2 Å². The molecule has 4 nitrogen and oxygen atoms in total. The minimum Gasteiger partial charge on any atom is -0.436 e. The van der Waals surface area contributed by atoms with Crippen molar-refractivity contribution in [3.63, 3.8) is 0 Å². The predicted octanol–water partition coefficient (Wildman–Crippen LogP) is 4.66. The molecule has 0 fully saturated rings. The van der Waals surface area contributed by atoms with E-state index >= 15 is 0 Å². The zero-order chi connectivity index (χ0) is 16.5. The average molecular weight is 352 g/mol. The number of halogens is 5. The number of ether oxygens (including phenoxy) is 1. The zero-order valence-electron chi connectivity index (χ0n) is 11.4. The van der Waals surface area contributed by atoms with Gasteiger partial charge in [-0.05, 0) is 12.1 Å². The maximum atomic E-state index is 12.9. The van der Waals surface area contributed by atoms with Crippen LogP contribution in [-0.4, -0.2) is 24.1 Å². The summed E-state index contributed by atoms with van der Waals surface area (Å²) in [5, 5.41) is 0.317. The Labute approximate surface area is 134 Å². The Kier molecular flexibility index (Phi) is 4.67. The van der Waals surface area contributed by atoms with Crippen LogP contribution in [0.15, 0.2) is 24.3 Å². The van der Waals surface area contributed by atoms with Gasteiger partial charge in [-0.15, -0.1) is 0 Å². The van der Waals surface area contributed by atoms with Gasteiger partial charge in [-0.3, -0.25) is 0 Å². The summed E-state index contributed by atoms with van der Waals surface area (Å²) in [6, 6.07) is 5.28. The van der Waals surface area contributed by atoms with Gasteiger partial charge in [-0.1, -0.05) is 29.3 Å². The smallest absolute Gasteiger partial charge is 0.433 e. The lowest BCUT2D eigenvalue weighted by Gasteiger charge is -2.15. The number of alkyl halides is 3. The summed E-state index contributed by atoms with van der Waals surface area (Å²) < 4.78 is 44.0. The largest absolute Gasteiger partial charge is 0.436 e. The molecule has 2 rings (SSSR count). The lowest BCUT2D eigenvalue weighted by molar-refractivity contribution is -0.141. The molecule has 1 aromatic carbocycles. The molecule has 0 unspecified atom stereocenters. The van der Waals surface area contributed by atoms with E-state index in [-0.39, 0.29) is 27.6 Å². The minimum atomic E-state index is -4.63. The van der Waals surface area contributed by atoms with Gasteiger partial charge >= 0.3 is 6.18 Å². The number of nitrogens with zero attached hydrogens (tertiary/aromatic N) is 3. The molecule has 2 aromatic rings. The van der Waals surface area contributed by atoms with Crippen molar-refractivity contribution in [3.8, 4) is 11.6 Å². The van der Waals surface area contributed by atoms with Crippen LogP contribution in [0.4, 0.5) is 19.1 Å². The van der Waals surface area contributed by atoms with E-state index < -0.39 is 11.9 Å². The molecule has 0 bridgehead atoms. The van der Waals surface area contributed by atoms with Gasteiger partial charge in [0.25, 0.3) is 0 Å². The third kappa shape index (κ3) is 3.72. The Balaban J connectivity index is 2.49. The molecule has 9 heteroatoms. The number of anilines is 1. The normalized spacial score (nSPS) is 11.4. The van der Waals surface area contributed by atoms with E-state index in [0.29, 0.717) is 6.07 Å². The first-order valence-corrected chi connectivity index (χ1v) is 6.69. The first kappa shape index (κ1) is 16.6. The maximum absolute atomic E-state index is 12.9. The van der Waals surface area contributed by atoms with Crippen molar-refractivity contribution < 1.29 is 17.9 Å². The van der Waals surface area contributed by atoms with E-state index in [4.69, 9.17) is 27.9 Å². The third-order valence-electron chi connectivity index (χ3n) is 2.51. The molecule has 118 valence electrons. The Bertz CT molecular complexity index is 672. The van der Waals surface area contributed by atoms with Crippen LogP contribution >= 0.6 is 23.2 Å². The lowest BCUT2D eigenvalue weighted by Crippen LogP contribution is -2.17. The van der Waals surface area contributed by atoms with Crippen molar-refractivity contribution in [2.45, 2.75) is 6.18 Å². The molecular weight excluding hydrogens is 342 g/mol. The van der Waals surface area contributed by atoms with Crippen LogP contribution in [0, 0.1) is 0 Å². The maximum Gasteiger partial charge on any atom is 0.433 e. The summed E-state index contributed by atoms with van der Waals surface area (Å²) in [7, 11) is 3.03. The van der Waals surface area contributed by atoms with E-state index in [1.54, 1.807) is 6.07 Å². The highest BCUT2D eigenvalue weighted by Crippen LogP contribution is 2.37. The van der Waals surface area contributed by atoms with E-state index in [1.807, 2.05) is 0 Å². The number of para-hydroxylation sites is 1. The molecule has 1 aromatic heterocycles. The number of hydrogen-bond acceptors (Lipinski definition) is 4. The van der Waals surface area contributed by atoms with Crippen LogP contribution in [0.5, 0.6) is 11.6 Å². The molecule has 0 amide bonds. The van der Waals surface area contributed by atoms with Crippen LogP contribution in [-0.2, 0) is 6.18 Å². The second kappa shape index (κ2) is 6.18. The van der Waals surface area contributed by atoms with Gasteiger partial charge in [0, 0.05) is 20.2 Å². The zero-order valence-corrected chi connectivity index (χ0v) is 13.0. The average Bonchev–Trinajstić information content (AvgIpc) is 2.42. The SMILES string of the molecule is CN(C)c1nc(Oc2c(Cl)cccc2Cl)cc(C(F)(F)F)n1. The molecule has 0 saturated heterocycles. The van der Waals surface area contributed by atoms with Crippen LogP contribution in [0.3, 0.4) is 0 Å². The fourth-order valence-electron chi connectivity index (χ4n) is 1.49. The Morgan fingerprint density at radius 3 is 2.18 bits per heavy atom. The highest BCUT2D eigenvalue weighted by Gasteiger charge is 2.34. The summed E-state index contributed by atoms with van der Waals surface area (Å²) in [6.07, 6.45) is -4.63. The molecule has 0 radical (unpaired) electrons. The van der Waals surface area contributed by atoms with Crippen molar-refractivity contribution in [2.24, 2.45) is 0 Å². The van der Waals surface area contributed by atoms with Crippen molar-refractivity contribution in [2.75, 3.05) is 19.0 Å². The molecule has 0 spiro atoms. The molecular formula is C13H10Cl2F3N3O. The standard InChI is InChI=1S/C13H10Cl2F3N3O/c1-21(2)12-19-9(13(16,17)18)6-10(20-12)22-11-7(14)4-3-5-8(11)15/h3-6H,1-2H3. The molecule has 22 heavy (non-hydrogen) atoms. The van der Waals surface area contributed by atoms with Gasteiger partial charge in [0.2, 0.25) is 11.8 Å². The fourth-order valence-corrected chi connectivity index (χ4v) is 1.97. The van der Waals surface area contributed by atoms with Gasteiger partial charge in [0.1, 0.15) is 0 Å². The molecule has 1 heterocycles. The number of benzene rings is 1. The Morgan fingerprint density at radius 2 is 1.68 bits per heavy atom. The first-order chi connectivity index (χ1) is 10.2. The molecule has 0 aliphatic carbocycles. The number of hydrogen-bond donors (Lipinski definition) is 0. The lowest BCUT2D eigenvalue weighted by atomic mass is 10.3. The highest BCUT2D eigenvalue weighted by molar-refractivity contribution is 6.37. The van der Waals surface area contributed by atoms with Crippen molar-refractivity contribution in [1.29, 1.82) is 0 Å². The summed E-state index contributed by atoms with van der Waals surface area (Å²) in [4.78, 5) is 8.66. The summed E-state index contributed by atoms with van der Waals surface area (Å²) in [6.45, 7) is 0. The number of rotatable bonds is 3. The predicted molar refractivity (Wildman–Crippen MR) is 77.9 cm³/mol. The summed E-state index contributed by atoms with van der Waals surface area (Å²) in [5.41, 5.74) is -1.12. The van der Waals surface area contributed by atoms with Gasteiger partial charge in [0.15, 0.2) is 11.4 Å². The summed E-state index contributed by atoms with van der Waals surface area (Å²) >= 11 is 11.9. The van der Waals surface area contributed by atoms with Gasteiger partial charge in [-0.25, -0.2) is 4.98 Å². The third-order valence-corrected chi connectivity index (χ3v) is 3.10. The monoisotopic (exact) mass is 351 g/mol. The fraction of sp³-hybridized carbons (Fsp3) is 0.231. The molecule has 0 N–H and O–H groups in total. The Morgan fingerprint density at radius 1 is 1.09 bits per heavy atom. The Hall–Kier alpha value is -1.73. The number of aromatic nitrogens is 2. The molecule has 0 aliphatic rings. The van der Waals surface area contributed by atoms with E-state index in [1.165, 1.54) is 31.1 Å². The quantitative estimate of drug-likeness (QED) is 0.805. The minimum absolute atomic E-state index is 0.0300.